The Kier molecular flexibility index (Phi) is 3.19. The lowest BCUT2D eigenvalue weighted by molar-refractivity contribution is 0.0934. The van der Waals surface area contributed by atoms with E-state index in [4.69, 9.17) is 5.73 Å². The Morgan fingerprint density at radius 1 is 1.50 bits per heavy atom. The number of nitrogens with two attached hydrogens (primary N) is 1. The van der Waals surface area contributed by atoms with Crippen LogP contribution in [0, 0.1) is 6.92 Å². The molecular weight excluding hydrogens is 202 g/mol. The Labute approximate surface area is 95.3 Å². The van der Waals surface area contributed by atoms with Gasteiger partial charge in [0.1, 0.15) is 0 Å². The largest absolute Gasteiger partial charge is 0.348 e. The fourth-order valence-corrected chi connectivity index (χ4v) is 2.10. The molecule has 86 valence electrons. The number of amides is 1. The van der Waals surface area contributed by atoms with Gasteiger partial charge in [0, 0.05) is 24.5 Å². The molecule has 1 aromatic rings. The monoisotopic (exact) mass is 219 g/mol. The molecule has 0 spiro atoms. The van der Waals surface area contributed by atoms with Gasteiger partial charge >= 0.3 is 0 Å². The maximum Gasteiger partial charge on any atom is 0.253 e. The van der Waals surface area contributed by atoms with Crippen molar-refractivity contribution in [3.63, 3.8) is 0 Å². The average molecular weight is 219 g/mol. The molecule has 4 nitrogen and oxygen atoms in total. The molecule has 2 rings (SSSR count). The van der Waals surface area contributed by atoms with E-state index in [1.165, 1.54) is 0 Å². The molecule has 3 N–H and O–H groups in total. The van der Waals surface area contributed by atoms with E-state index < -0.39 is 0 Å². The number of pyridine rings is 1. The van der Waals surface area contributed by atoms with Crippen LogP contribution in [-0.2, 0) is 0 Å². The Morgan fingerprint density at radius 3 is 2.94 bits per heavy atom. The number of carbonyl (C=O) groups excluding carboxylic acids is 1. The van der Waals surface area contributed by atoms with Gasteiger partial charge in [-0.15, -0.1) is 0 Å². The fraction of sp³-hybridized carbons (Fsp3) is 0.500. The lowest BCUT2D eigenvalue weighted by Gasteiger charge is -2.17. The van der Waals surface area contributed by atoms with Crippen LogP contribution in [0.4, 0.5) is 0 Å². The van der Waals surface area contributed by atoms with Gasteiger partial charge in [0.25, 0.3) is 5.91 Å². The normalized spacial score (nSPS) is 24.4. The summed E-state index contributed by atoms with van der Waals surface area (Å²) in [6, 6.07) is 2.05. The van der Waals surface area contributed by atoms with Crippen molar-refractivity contribution in [2.24, 2.45) is 5.73 Å². The van der Waals surface area contributed by atoms with E-state index in [-0.39, 0.29) is 18.0 Å². The second kappa shape index (κ2) is 4.61. The maximum atomic E-state index is 11.9. The molecule has 16 heavy (non-hydrogen) atoms. The first kappa shape index (κ1) is 11.1. The van der Waals surface area contributed by atoms with Crippen molar-refractivity contribution in [2.45, 2.75) is 38.3 Å². The molecule has 1 aromatic heterocycles. The van der Waals surface area contributed by atoms with E-state index in [2.05, 4.69) is 10.3 Å². The minimum absolute atomic E-state index is 0.0708. The van der Waals surface area contributed by atoms with Crippen molar-refractivity contribution in [2.75, 3.05) is 0 Å². The molecule has 1 fully saturated rings. The van der Waals surface area contributed by atoms with E-state index in [9.17, 15) is 4.79 Å². The first-order chi connectivity index (χ1) is 7.66. The molecule has 0 radical (unpaired) electrons. The number of aromatic nitrogens is 1. The van der Waals surface area contributed by atoms with E-state index in [0.717, 1.165) is 24.8 Å². The van der Waals surface area contributed by atoms with Crippen molar-refractivity contribution in [1.82, 2.24) is 10.3 Å². The smallest absolute Gasteiger partial charge is 0.253 e. The van der Waals surface area contributed by atoms with Crippen LogP contribution in [0.5, 0.6) is 0 Å². The zero-order chi connectivity index (χ0) is 11.5. The standard InChI is InChI=1S/C12H17N3O/c1-8-5-9(7-14-6-8)12(16)15-11-4-2-3-10(11)13/h5-7,10-11H,2-4,13H2,1H3,(H,15,16). The summed E-state index contributed by atoms with van der Waals surface area (Å²) in [6.07, 6.45) is 6.39. The summed E-state index contributed by atoms with van der Waals surface area (Å²) in [5.41, 5.74) is 7.50. The Bertz CT molecular complexity index is 392. The van der Waals surface area contributed by atoms with E-state index in [1.54, 1.807) is 12.4 Å². The Morgan fingerprint density at radius 2 is 2.31 bits per heavy atom. The number of hydrogen-bond acceptors (Lipinski definition) is 3. The third-order valence-corrected chi connectivity index (χ3v) is 3.02. The Hall–Kier alpha value is -1.42. The minimum atomic E-state index is -0.0708. The number of rotatable bonds is 2. The summed E-state index contributed by atoms with van der Waals surface area (Å²) in [5, 5.41) is 2.97. The van der Waals surface area contributed by atoms with Gasteiger partial charge in [-0.1, -0.05) is 0 Å². The van der Waals surface area contributed by atoms with Crippen molar-refractivity contribution < 1.29 is 4.79 Å². The van der Waals surface area contributed by atoms with E-state index in [1.807, 2.05) is 13.0 Å². The van der Waals surface area contributed by atoms with Crippen molar-refractivity contribution in [3.05, 3.63) is 29.6 Å². The second-order valence-corrected chi connectivity index (χ2v) is 4.43. The van der Waals surface area contributed by atoms with Crippen LogP contribution in [0.15, 0.2) is 18.5 Å². The van der Waals surface area contributed by atoms with Crippen LogP contribution in [0.3, 0.4) is 0 Å². The molecule has 1 saturated carbocycles. The zero-order valence-electron chi connectivity index (χ0n) is 9.44. The van der Waals surface area contributed by atoms with Crippen LogP contribution >= 0.6 is 0 Å². The molecule has 1 amide bonds. The van der Waals surface area contributed by atoms with Gasteiger partial charge in [-0.25, -0.2) is 0 Å². The van der Waals surface area contributed by atoms with Gasteiger partial charge in [-0.05, 0) is 37.8 Å². The van der Waals surface area contributed by atoms with Gasteiger partial charge in [0.2, 0.25) is 0 Å². The maximum absolute atomic E-state index is 11.9. The number of carbonyl (C=O) groups is 1. The zero-order valence-corrected chi connectivity index (χ0v) is 9.44. The van der Waals surface area contributed by atoms with E-state index >= 15 is 0 Å². The molecule has 2 atom stereocenters. The van der Waals surface area contributed by atoms with Gasteiger partial charge in [0.05, 0.1) is 5.56 Å². The van der Waals surface area contributed by atoms with Crippen molar-refractivity contribution in [3.8, 4) is 0 Å². The van der Waals surface area contributed by atoms with Crippen LogP contribution < -0.4 is 11.1 Å². The van der Waals surface area contributed by atoms with Crippen LogP contribution in [0.1, 0.15) is 35.2 Å². The SMILES string of the molecule is Cc1cncc(C(=O)NC2CCCC2N)c1. The molecule has 0 saturated heterocycles. The fourth-order valence-electron chi connectivity index (χ4n) is 2.10. The number of nitrogens with zero attached hydrogens (tertiary/aromatic N) is 1. The summed E-state index contributed by atoms with van der Waals surface area (Å²) in [4.78, 5) is 15.9. The summed E-state index contributed by atoms with van der Waals surface area (Å²) < 4.78 is 0. The molecule has 0 aliphatic heterocycles. The third kappa shape index (κ3) is 2.39. The second-order valence-electron chi connectivity index (χ2n) is 4.43. The van der Waals surface area contributed by atoms with Gasteiger partial charge < -0.3 is 11.1 Å². The molecule has 0 aromatic carbocycles. The van der Waals surface area contributed by atoms with Crippen LogP contribution in [-0.4, -0.2) is 23.0 Å². The first-order valence-corrected chi connectivity index (χ1v) is 5.65. The number of hydrogen-bond donors (Lipinski definition) is 2. The molecule has 1 aliphatic carbocycles. The molecule has 2 unspecified atom stereocenters. The number of aryl methyl sites for hydroxylation is 1. The van der Waals surface area contributed by atoms with Crippen LogP contribution in [0.25, 0.3) is 0 Å². The summed E-state index contributed by atoms with van der Waals surface area (Å²) in [7, 11) is 0. The quantitative estimate of drug-likeness (QED) is 0.779. The minimum Gasteiger partial charge on any atom is -0.348 e. The predicted molar refractivity (Wildman–Crippen MR) is 62.1 cm³/mol. The average Bonchev–Trinajstić information content (AvgIpc) is 2.64. The topological polar surface area (TPSA) is 68.0 Å². The predicted octanol–water partition coefficient (Wildman–Crippen LogP) is 1.000. The Balaban J connectivity index is 2.03. The molecule has 0 bridgehead atoms. The van der Waals surface area contributed by atoms with Gasteiger partial charge in [0.15, 0.2) is 0 Å². The highest BCUT2D eigenvalue weighted by atomic mass is 16.1. The third-order valence-electron chi connectivity index (χ3n) is 3.02. The van der Waals surface area contributed by atoms with Gasteiger partial charge in [-0.3, -0.25) is 9.78 Å². The van der Waals surface area contributed by atoms with Crippen LogP contribution in [0.2, 0.25) is 0 Å². The molecular formula is C12H17N3O. The highest BCUT2D eigenvalue weighted by Crippen LogP contribution is 2.17. The summed E-state index contributed by atoms with van der Waals surface area (Å²) in [6.45, 7) is 1.92. The lowest BCUT2D eigenvalue weighted by Crippen LogP contribution is -2.44. The number of nitrogens with one attached hydrogen (secondary N) is 1. The molecule has 4 heteroatoms. The van der Waals surface area contributed by atoms with E-state index in [0.29, 0.717) is 5.56 Å². The highest BCUT2D eigenvalue weighted by Gasteiger charge is 2.25. The first-order valence-electron chi connectivity index (χ1n) is 5.65. The van der Waals surface area contributed by atoms with Crippen molar-refractivity contribution >= 4 is 5.91 Å². The lowest BCUT2D eigenvalue weighted by atomic mass is 10.1. The van der Waals surface area contributed by atoms with Gasteiger partial charge in [-0.2, -0.15) is 0 Å². The van der Waals surface area contributed by atoms with Crippen molar-refractivity contribution in [1.29, 1.82) is 0 Å². The molecule has 1 aliphatic rings. The summed E-state index contributed by atoms with van der Waals surface area (Å²) >= 11 is 0. The summed E-state index contributed by atoms with van der Waals surface area (Å²) in [5.74, 6) is -0.0708. The molecule has 1 heterocycles. The highest BCUT2D eigenvalue weighted by molar-refractivity contribution is 5.94.